The SMILES string of the molecule is CSC1=N[C@H](c2ccccc2)C(C(C)=O)=C(C)N1. The zero-order chi connectivity index (χ0) is 13.1. The first kappa shape index (κ1) is 12.9. The molecule has 1 aromatic rings. The van der Waals surface area contributed by atoms with Crippen molar-refractivity contribution in [1.82, 2.24) is 5.32 Å². The number of nitrogens with one attached hydrogen (secondary N) is 1. The van der Waals surface area contributed by atoms with Gasteiger partial charge in [0.05, 0.1) is 0 Å². The second-order valence-electron chi connectivity index (χ2n) is 4.17. The Morgan fingerprint density at radius 1 is 1.33 bits per heavy atom. The van der Waals surface area contributed by atoms with Crippen molar-refractivity contribution >= 4 is 22.7 Å². The molecule has 0 aliphatic carbocycles. The van der Waals surface area contributed by atoms with Gasteiger partial charge in [0.2, 0.25) is 0 Å². The highest BCUT2D eigenvalue weighted by molar-refractivity contribution is 8.13. The highest BCUT2D eigenvalue weighted by Gasteiger charge is 2.26. The molecule has 94 valence electrons. The zero-order valence-electron chi connectivity index (χ0n) is 10.7. The molecule has 0 spiro atoms. The molecule has 1 heterocycles. The highest BCUT2D eigenvalue weighted by Crippen LogP contribution is 2.31. The van der Waals surface area contributed by atoms with E-state index in [1.165, 1.54) is 0 Å². The molecule has 3 nitrogen and oxygen atoms in total. The number of allylic oxidation sites excluding steroid dienone is 1. The summed E-state index contributed by atoms with van der Waals surface area (Å²) in [5.74, 6) is 0.0674. The van der Waals surface area contributed by atoms with Crippen molar-refractivity contribution in [1.29, 1.82) is 0 Å². The number of aliphatic imine (C=N–C) groups is 1. The number of rotatable bonds is 2. The first-order valence-electron chi connectivity index (χ1n) is 5.79. The first-order valence-corrected chi connectivity index (χ1v) is 7.01. The predicted molar refractivity (Wildman–Crippen MR) is 76.6 cm³/mol. The van der Waals surface area contributed by atoms with Crippen LogP contribution in [-0.2, 0) is 4.79 Å². The Morgan fingerprint density at radius 2 is 2.00 bits per heavy atom. The summed E-state index contributed by atoms with van der Waals surface area (Å²) < 4.78 is 0. The summed E-state index contributed by atoms with van der Waals surface area (Å²) in [7, 11) is 0. The summed E-state index contributed by atoms with van der Waals surface area (Å²) in [6, 6.07) is 9.74. The summed E-state index contributed by atoms with van der Waals surface area (Å²) in [5.41, 5.74) is 2.70. The summed E-state index contributed by atoms with van der Waals surface area (Å²) >= 11 is 1.56. The number of benzene rings is 1. The van der Waals surface area contributed by atoms with Crippen LogP contribution in [0.15, 0.2) is 46.6 Å². The van der Waals surface area contributed by atoms with E-state index in [0.717, 1.165) is 22.0 Å². The molecule has 18 heavy (non-hydrogen) atoms. The van der Waals surface area contributed by atoms with E-state index in [1.807, 2.05) is 43.5 Å². The zero-order valence-corrected chi connectivity index (χ0v) is 11.5. The van der Waals surface area contributed by atoms with Crippen LogP contribution in [0.5, 0.6) is 0 Å². The van der Waals surface area contributed by atoms with E-state index in [1.54, 1.807) is 18.7 Å². The van der Waals surface area contributed by atoms with E-state index in [2.05, 4.69) is 10.3 Å². The van der Waals surface area contributed by atoms with Gasteiger partial charge in [0.1, 0.15) is 6.04 Å². The van der Waals surface area contributed by atoms with E-state index in [-0.39, 0.29) is 11.8 Å². The second kappa shape index (κ2) is 5.40. The lowest BCUT2D eigenvalue weighted by Crippen LogP contribution is -2.28. The number of nitrogens with zero attached hydrogens (tertiary/aromatic N) is 1. The molecule has 1 N–H and O–H groups in total. The van der Waals surface area contributed by atoms with Gasteiger partial charge >= 0.3 is 0 Å². The highest BCUT2D eigenvalue weighted by atomic mass is 32.2. The monoisotopic (exact) mass is 260 g/mol. The van der Waals surface area contributed by atoms with Crippen molar-refractivity contribution in [3.63, 3.8) is 0 Å². The Balaban J connectivity index is 2.48. The smallest absolute Gasteiger partial charge is 0.161 e. The lowest BCUT2D eigenvalue weighted by atomic mass is 9.94. The van der Waals surface area contributed by atoms with Gasteiger partial charge in [0.15, 0.2) is 11.0 Å². The summed E-state index contributed by atoms with van der Waals surface area (Å²) in [6.45, 7) is 3.52. The molecular formula is C14H16N2OS. The third-order valence-electron chi connectivity index (χ3n) is 2.91. The lowest BCUT2D eigenvalue weighted by molar-refractivity contribution is -0.113. The molecule has 0 radical (unpaired) electrons. The van der Waals surface area contributed by atoms with Crippen LogP contribution in [0.25, 0.3) is 0 Å². The first-order chi connectivity index (χ1) is 8.63. The van der Waals surface area contributed by atoms with E-state index in [4.69, 9.17) is 0 Å². The number of amidine groups is 1. The van der Waals surface area contributed by atoms with Gasteiger partial charge in [-0.15, -0.1) is 0 Å². The minimum Gasteiger partial charge on any atom is -0.338 e. The third-order valence-corrected chi connectivity index (χ3v) is 3.50. The molecule has 1 aliphatic rings. The molecule has 4 heteroatoms. The molecule has 0 bridgehead atoms. The van der Waals surface area contributed by atoms with Gasteiger partial charge in [-0.2, -0.15) is 0 Å². The number of ketones is 1. The van der Waals surface area contributed by atoms with Crippen LogP contribution >= 0.6 is 11.8 Å². The second-order valence-corrected chi connectivity index (χ2v) is 4.97. The van der Waals surface area contributed by atoms with Crippen LogP contribution in [-0.4, -0.2) is 17.2 Å². The molecule has 0 saturated carbocycles. The minimum absolute atomic E-state index is 0.0674. The minimum atomic E-state index is -0.188. The fourth-order valence-electron chi connectivity index (χ4n) is 2.08. The van der Waals surface area contributed by atoms with E-state index in [0.29, 0.717) is 0 Å². The van der Waals surface area contributed by atoms with Gasteiger partial charge in [0, 0.05) is 11.3 Å². The quantitative estimate of drug-likeness (QED) is 0.889. The number of carbonyl (C=O) groups excluding carboxylic acids is 1. The fraction of sp³-hybridized carbons (Fsp3) is 0.286. The maximum absolute atomic E-state index is 11.8. The van der Waals surface area contributed by atoms with Gasteiger partial charge < -0.3 is 5.32 Å². The topological polar surface area (TPSA) is 41.5 Å². The van der Waals surface area contributed by atoms with Crippen LogP contribution in [0.4, 0.5) is 0 Å². The maximum Gasteiger partial charge on any atom is 0.161 e. The largest absolute Gasteiger partial charge is 0.338 e. The van der Waals surface area contributed by atoms with Crippen LogP contribution in [0.2, 0.25) is 0 Å². The van der Waals surface area contributed by atoms with Crippen molar-refractivity contribution in [2.24, 2.45) is 4.99 Å². The van der Waals surface area contributed by atoms with Gasteiger partial charge in [-0.3, -0.25) is 4.79 Å². The molecule has 2 rings (SSSR count). The molecular weight excluding hydrogens is 244 g/mol. The molecule has 0 aromatic heterocycles. The van der Waals surface area contributed by atoms with Crippen molar-refractivity contribution < 1.29 is 4.79 Å². The maximum atomic E-state index is 11.8. The Labute approximate surface area is 111 Å². The average molecular weight is 260 g/mol. The number of Topliss-reactive ketones (excluding diaryl/α,β-unsaturated/α-hetero) is 1. The van der Waals surface area contributed by atoms with Crippen molar-refractivity contribution in [3.05, 3.63) is 47.2 Å². The molecule has 1 aliphatic heterocycles. The Kier molecular flexibility index (Phi) is 3.87. The fourth-order valence-corrected chi connectivity index (χ4v) is 2.55. The van der Waals surface area contributed by atoms with Gasteiger partial charge in [-0.1, -0.05) is 42.1 Å². The number of hydrogen-bond donors (Lipinski definition) is 1. The molecule has 0 unspecified atom stereocenters. The standard InChI is InChI=1S/C14H16N2OS/c1-9-12(10(2)17)13(16-14(15-9)18-3)11-7-5-4-6-8-11/h4-8,13H,1-3H3,(H,15,16)/t13-/m1/s1. The van der Waals surface area contributed by atoms with Crippen molar-refractivity contribution in [2.45, 2.75) is 19.9 Å². The van der Waals surface area contributed by atoms with Crippen LogP contribution in [0.1, 0.15) is 25.5 Å². The van der Waals surface area contributed by atoms with Crippen LogP contribution in [0.3, 0.4) is 0 Å². The van der Waals surface area contributed by atoms with Crippen LogP contribution < -0.4 is 5.32 Å². The lowest BCUT2D eigenvalue weighted by Gasteiger charge is -2.25. The van der Waals surface area contributed by atoms with Crippen molar-refractivity contribution in [3.8, 4) is 0 Å². The molecule has 0 amide bonds. The van der Waals surface area contributed by atoms with Gasteiger partial charge in [0.25, 0.3) is 0 Å². The summed E-state index contributed by atoms with van der Waals surface area (Å²) in [5, 5.41) is 4.02. The Bertz CT molecular complexity index is 520. The normalized spacial score (nSPS) is 19.3. The van der Waals surface area contributed by atoms with Crippen LogP contribution in [0, 0.1) is 0 Å². The molecule has 1 aromatic carbocycles. The third kappa shape index (κ3) is 2.48. The molecule has 0 saturated heterocycles. The average Bonchev–Trinajstić information content (AvgIpc) is 2.38. The van der Waals surface area contributed by atoms with E-state index in [9.17, 15) is 4.79 Å². The van der Waals surface area contributed by atoms with Gasteiger partial charge in [-0.25, -0.2) is 4.99 Å². The Morgan fingerprint density at radius 3 is 2.56 bits per heavy atom. The van der Waals surface area contributed by atoms with Gasteiger partial charge in [-0.05, 0) is 25.7 Å². The van der Waals surface area contributed by atoms with E-state index >= 15 is 0 Å². The number of thioether (sulfide) groups is 1. The number of carbonyl (C=O) groups is 1. The summed E-state index contributed by atoms with van der Waals surface area (Å²) in [6.07, 6.45) is 1.97. The van der Waals surface area contributed by atoms with Crippen molar-refractivity contribution in [2.75, 3.05) is 6.26 Å². The van der Waals surface area contributed by atoms with E-state index < -0.39 is 0 Å². The summed E-state index contributed by atoms with van der Waals surface area (Å²) in [4.78, 5) is 16.4. The molecule has 0 fully saturated rings. The Hall–Kier alpha value is -1.55. The predicted octanol–water partition coefficient (Wildman–Crippen LogP) is 2.91. The molecule has 1 atom stereocenters. The number of hydrogen-bond acceptors (Lipinski definition) is 4.